The number of aromatic nitrogens is 4. The van der Waals surface area contributed by atoms with E-state index in [1.54, 1.807) is 4.68 Å². The predicted molar refractivity (Wildman–Crippen MR) is 90.4 cm³/mol. The number of nitrogens with zero attached hydrogens (tertiary/aromatic N) is 4. The summed E-state index contributed by atoms with van der Waals surface area (Å²) in [5.41, 5.74) is 1.77. The second kappa shape index (κ2) is 5.99. The van der Waals surface area contributed by atoms with Gasteiger partial charge in [0.15, 0.2) is 5.65 Å². The Bertz CT molecular complexity index is 877. The molecule has 1 aliphatic heterocycles. The molecule has 1 N–H and O–H groups in total. The molecular formula is C17H19N5O2. The van der Waals surface area contributed by atoms with Crippen molar-refractivity contribution in [2.75, 3.05) is 18.5 Å². The maximum Gasteiger partial charge on any atom is 0.186 e. The summed E-state index contributed by atoms with van der Waals surface area (Å²) in [7, 11) is 1.88. The monoisotopic (exact) mass is 325 g/mol. The van der Waals surface area contributed by atoms with E-state index in [1.165, 1.54) is 6.33 Å². The van der Waals surface area contributed by atoms with Crippen LogP contribution >= 0.6 is 0 Å². The number of hydrogen-bond acceptors (Lipinski definition) is 6. The molecule has 0 aliphatic carbocycles. The summed E-state index contributed by atoms with van der Waals surface area (Å²) in [6, 6.07) is 6.05. The number of hydrogen-bond donors (Lipinski definition) is 1. The van der Waals surface area contributed by atoms with E-state index in [9.17, 15) is 0 Å². The van der Waals surface area contributed by atoms with Gasteiger partial charge in [-0.3, -0.25) is 4.68 Å². The molecule has 0 bridgehead atoms. The Labute approximate surface area is 139 Å². The minimum atomic E-state index is 0.104. The quantitative estimate of drug-likeness (QED) is 0.795. The van der Waals surface area contributed by atoms with Crippen LogP contribution in [0.25, 0.3) is 11.0 Å². The van der Waals surface area contributed by atoms with E-state index in [1.807, 2.05) is 38.4 Å². The Morgan fingerprint density at radius 3 is 3.17 bits per heavy atom. The topological polar surface area (TPSA) is 74.1 Å². The van der Waals surface area contributed by atoms with Crippen LogP contribution in [0.5, 0.6) is 11.5 Å². The van der Waals surface area contributed by atoms with Gasteiger partial charge in [-0.2, -0.15) is 5.10 Å². The highest BCUT2D eigenvalue weighted by molar-refractivity contribution is 5.85. The number of benzene rings is 1. The fourth-order valence-electron chi connectivity index (χ4n) is 3.01. The van der Waals surface area contributed by atoms with Gasteiger partial charge in [0.2, 0.25) is 0 Å². The zero-order valence-electron chi connectivity index (χ0n) is 13.7. The minimum Gasteiger partial charge on any atom is -0.494 e. The first kappa shape index (κ1) is 14.7. The van der Waals surface area contributed by atoms with Crippen molar-refractivity contribution >= 4 is 16.9 Å². The number of rotatable bonds is 4. The number of fused-ring (bicyclic) bond motifs is 2. The fourth-order valence-corrected chi connectivity index (χ4v) is 3.01. The lowest BCUT2D eigenvalue weighted by Crippen LogP contribution is -2.21. The van der Waals surface area contributed by atoms with Crippen LogP contribution in [-0.2, 0) is 7.05 Å². The van der Waals surface area contributed by atoms with Crippen molar-refractivity contribution in [1.29, 1.82) is 0 Å². The lowest BCUT2D eigenvalue weighted by atomic mass is 10.00. The van der Waals surface area contributed by atoms with Gasteiger partial charge in [0.25, 0.3) is 0 Å². The molecule has 2 aromatic heterocycles. The third kappa shape index (κ3) is 2.62. The summed E-state index contributed by atoms with van der Waals surface area (Å²) in [6.45, 7) is 3.28. The Kier molecular flexibility index (Phi) is 3.68. The van der Waals surface area contributed by atoms with E-state index >= 15 is 0 Å². The van der Waals surface area contributed by atoms with E-state index in [2.05, 4.69) is 20.4 Å². The molecule has 0 saturated heterocycles. The molecule has 0 amide bonds. The third-order valence-corrected chi connectivity index (χ3v) is 4.07. The van der Waals surface area contributed by atoms with E-state index in [0.717, 1.165) is 34.7 Å². The highest BCUT2D eigenvalue weighted by Gasteiger charge is 2.23. The van der Waals surface area contributed by atoms with Gasteiger partial charge in [0, 0.05) is 25.2 Å². The molecule has 0 radical (unpaired) electrons. The van der Waals surface area contributed by atoms with Crippen LogP contribution in [-0.4, -0.2) is 33.0 Å². The minimum absolute atomic E-state index is 0.104. The lowest BCUT2D eigenvalue weighted by molar-refractivity contribution is 0.272. The van der Waals surface area contributed by atoms with Crippen LogP contribution in [0.15, 0.2) is 30.7 Å². The van der Waals surface area contributed by atoms with Gasteiger partial charge in [0.05, 0.1) is 24.6 Å². The summed E-state index contributed by atoms with van der Waals surface area (Å²) in [4.78, 5) is 8.61. The SMILES string of the molecule is CCOc1ccc2c(c1)C(Nc1ncnc3nn(C)cc13)CCO2. The molecule has 1 atom stereocenters. The molecule has 0 fully saturated rings. The molecule has 1 aliphatic rings. The Hall–Kier alpha value is -2.83. The molecule has 24 heavy (non-hydrogen) atoms. The van der Waals surface area contributed by atoms with Crippen LogP contribution in [0.3, 0.4) is 0 Å². The molecule has 3 aromatic rings. The van der Waals surface area contributed by atoms with E-state index in [4.69, 9.17) is 9.47 Å². The van der Waals surface area contributed by atoms with E-state index in [-0.39, 0.29) is 6.04 Å². The summed E-state index contributed by atoms with van der Waals surface area (Å²) in [6.07, 6.45) is 4.32. The van der Waals surface area contributed by atoms with Gasteiger partial charge >= 0.3 is 0 Å². The molecule has 124 valence electrons. The maximum atomic E-state index is 5.77. The second-order valence-electron chi connectivity index (χ2n) is 5.73. The average Bonchev–Trinajstić information content (AvgIpc) is 2.97. The average molecular weight is 325 g/mol. The normalized spacial score (nSPS) is 16.5. The number of nitrogens with one attached hydrogen (secondary N) is 1. The standard InChI is InChI=1S/C17H19N5O2/c1-3-23-11-4-5-15-12(8-11)14(6-7-24-15)20-16-13-9-22(2)21-17(13)19-10-18-16/h4-5,8-10,14H,3,6-7H2,1-2H3,(H,18,19,20,21). The number of ether oxygens (including phenoxy) is 2. The molecule has 3 heterocycles. The van der Waals surface area contributed by atoms with Crippen LogP contribution in [0.4, 0.5) is 5.82 Å². The predicted octanol–water partition coefficient (Wildman–Crippen LogP) is 2.70. The zero-order chi connectivity index (χ0) is 16.5. The van der Waals surface area contributed by atoms with Crippen molar-refractivity contribution in [2.45, 2.75) is 19.4 Å². The summed E-state index contributed by atoms with van der Waals surface area (Å²) >= 11 is 0. The van der Waals surface area contributed by atoms with Crippen molar-refractivity contribution in [3.63, 3.8) is 0 Å². The molecule has 7 nitrogen and oxygen atoms in total. The second-order valence-corrected chi connectivity index (χ2v) is 5.73. The van der Waals surface area contributed by atoms with Gasteiger partial charge in [-0.05, 0) is 25.1 Å². The van der Waals surface area contributed by atoms with Gasteiger partial charge in [-0.25, -0.2) is 9.97 Å². The first-order chi connectivity index (χ1) is 11.7. The molecule has 0 spiro atoms. The van der Waals surface area contributed by atoms with Crippen molar-refractivity contribution in [3.05, 3.63) is 36.3 Å². The number of anilines is 1. The Balaban J connectivity index is 1.69. The molecular weight excluding hydrogens is 306 g/mol. The van der Waals surface area contributed by atoms with Crippen molar-refractivity contribution in [1.82, 2.24) is 19.7 Å². The third-order valence-electron chi connectivity index (χ3n) is 4.07. The maximum absolute atomic E-state index is 5.77. The van der Waals surface area contributed by atoms with Crippen LogP contribution in [0.2, 0.25) is 0 Å². The molecule has 1 aromatic carbocycles. The van der Waals surface area contributed by atoms with Gasteiger partial charge in [-0.1, -0.05) is 0 Å². The highest BCUT2D eigenvalue weighted by Crippen LogP contribution is 2.37. The molecule has 1 unspecified atom stereocenters. The first-order valence-corrected chi connectivity index (χ1v) is 8.05. The van der Waals surface area contributed by atoms with Gasteiger partial charge in [0.1, 0.15) is 23.6 Å². The molecule has 4 rings (SSSR count). The summed E-state index contributed by atoms with van der Waals surface area (Å²) in [5.74, 6) is 2.52. The molecule has 0 saturated carbocycles. The largest absolute Gasteiger partial charge is 0.494 e. The highest BCUT2D eigenvalue weighted by atomic mass is 16.5. The van der Waals surface area contributed by atoms with E-state index < -0.39 is 0 Å². The zero-order valence-corrected chi connectivity index (χ0v) is 13.7. The van der Waals surface area contributed by atoms with Crippen molar-refractivity contribution in [3.8, 4) is 11.5 Å². The fraction of sp³-hybridized carbons (Fsp3) is 0.353. The van der Waals surface area contributed by atoms with Gasteiger partial charge in [-0.15, -0.1) is 0 Å². The van der Waals surface area contributed by atoms with E-state index in [0.29, 0.717) is 18.9 Å². The van der Waals surface area contributed by atoms with Crippen LogP contribution in [0, 0.1) is 0 Å². The summed E-state index contributed by atoms with van der Waals surface area (Å²) in [5, 5.41) is 8.76. The first-order valence-electron chi connectivity index (χ1n) is 8.05. The molecule has 7 heteroatoms. The van der Waals surface area contributed by atoms with Crippen LogP contribution < -0.4 is 14.8 Å². The lowest BCUT2D eigenvalue weighted by Gasteiger charge is -2.27. The number of aryl methyl sites for hydroxylation is 1. The van der Waals surface area contributed by atoms with Gasteiger partial charge < -0.3 is 14.8 Å². The Morgan fingerprint density at radius 1 is 1.38 bits per heavy atom. The van der Waals surface area contributed by atoms with Crippen molar-refractivity contribution < 1.29 is 9.47 Å². The van der Waals surface area contributed by atoms with Crippen molar-refractivity contribution in [2.24, 2.45) is 7.05 Å². The Morgan fingerprint density at radius 2 is 2.29 bits per heavy atom. The van der Waals surface area contributed by atoms with Crippen LogP contribution in [0.1, 0.15) is 24.9 Å². The smallest absolute Gasteiger partial charge is 0.186 e. The summed E-state index contributed by atoms with van der Waals surface area (Å²) < 4.78 is 13.1.